The molecule has 1 heterocycles. The first-order valence-corrected chi connectivity index (χ1v) is 11.5. The predicted molar refractivity (Wildman–Crippen MR) is 123 cm³/mol. The first-order chi connectivity index (χ1) is 15.5. The predicted octanol–water partition coefficient (Wildman–Crippen LogP) is 4.30. The van der Waals surface area contributed by atoms with Crippen LogP contribution in [-0.2, 0) is 0 Å². The van der Waals surface area contributed by atoms with Crippen molar-refractivity contribution in [1.29, 1.82) is 5.26 Å². The van der Waals surface area contributed by atoms with E-state index in [0.29, 0.717) is 31.7 Å². The molecule has 0 spiro atoms. The van der Waals surface area contributed by atoms with E-state index < -0.39 is 11.7 Å². The van der Waals surface area contributed by atoms with Crippen molar-refractivity contribution in [3.63, 3.8) is 0 Å². The Balaban J connectivity index is 1.57. The summed E-state index contributed by atoms with van der Waals surface area (Å²) >= 11 is 0. The van der Waals surface area contributed by atoms with E-state index in [9.17, 15) is 20.3 Å². The van der Waals surface area contributed by atoms with Crippen LogP contribution in [0, 0.1) is 11.3 Å². The van der Waals surface area contributed by atoms with Gasteiger partial charge in [0.05, 0.1) is 17.2 Å². The minimum atomic E-state index is -0.861. The van der Waals surface area contributed by atoms with Gasteiger partial charge in [-0.15, -0.1) is 0 Å². The molecule has 1 unspecified atom stereocenters. The highest BCUT2D eigenvalue weighted by atomic mass is 16.4. The van der Waals surface area contributed by atoms with E-state index in [4.69, 9.17) is 0 Å². The summed E-state index contributed by atoms with van der Waals surface area (Å²) < 4.78 is 0. The molecule has 1 saturated heterocycles. The number of nitrogens with zero attached hydrogens (tertiary/aromatic N) is 3. The Hall–Kier alpha value is -2.88. The molecule has 6 heteroatoms. The molecule has 2 aliphatic rings. The summed E-state index contributed by atoms with van der Waals surface area (Å²) in [6, 6.07) is 18.1. The second-order valence-electron chi connectivity index (χ2n) is 9.07. The summed E-state index contributed by atoms with van der Waals surface area (Å²) in [5, 5.41) is 30.3. The number of nitriles is 1. The number of carbonyl (C=O) groups is 1. The first-order valence-electron chi connectivity index (χ1n) is 11.5. The fraction of sp³-hybridized carbons (Fsp3) is 0.462. The second-order valence-corrected chi connectivity index (χ2v) is 9.07. The van der Waals surface area contributed by atoms with E-state index in [1.807, 2.05) is 36.4 Å². The van der Waals surface area contributed by atoms with Crippen LogP contribution in [-0.4, -0.2) is 64.4 Å². The van der Waals surface area contributed by atoms with E-state index in [1.165, 1.54) is 4.90 Å². The van der Waals surface area contributed by atoms with Crippen LogP contribution in [0.15, 0.2) is 48.5 Å². The number of amides is 1. The lowest BCUT2D eigenvalue weighted by Gasteiger charge is -2.43. The Morgan fingerprint density at radius 3 is 2.28 bits per heavy atom. The quantitative estimate of drug-likeness (QED) is 0.734. The number of piperazine rings is 1. The Bertz CT molecular complexity index is 969. The summed E-state index contributed by atoms with van der Waals surface area (Å²) in [6.07, 6.45) is 3.97. The van der Waals surface area contributed by atoms with Gasteiger partial charge in [0.1, 0.15) is 0 Å². The molecule has 4 rings (SSSR count). The van der Waals surface area contributed by atoms with Crippen molar-refractivity contribution >= 4 is 6.09 Å². The van der Waals surface area contributed by atoms with Gasteiger partial charge in [0.2, 0.25) is 0 Å². The number of hydrogen-bond acceptors (Lipinski definition) is 4. The highest BCUT2D eigenvalue weighted by Crippen LogP contribution is 2.41. The maximum atomic E-state index is 11.6. The van der Waals surface area contributed by atoms with Crippen LogP contribution in [0.25, 0.3) is 11.1 Å². The topological polar surface area (TPSA) is 87.8 Å². The maximum absolute atomic E-state index is 11.6. The Morgan fingerprint density at radius 1 is 1.00 bits per heavy atom. The van der Waals surface area contributed by atoms with Gasteiger partial charge in [-0.25, -0.2) is 4.79 Å². The molecule has 0 radical (unpaired) electrons. The Kier molecular flexibility index (Phi) is 6.78. The zero-order chi connectivity index (χ0) is 22.6. The largest absolute Gasteiger partial charge is 0.465 e. The minimum absolute atomic E-state index is 0.0283. The second kappa shape index (κ2) is 9.72. The number of rotatable bonds is 5. The standard InChI is InChI=1S/C26H31N3O3/c27-18-22-6-2-3-7-23(22)20-8-10-21(11-9-20)24(26(32)12-4-1-5-13-26)19-28-14-16-29(17-15-28)25(30)31/h2-3,6-11,24,32H,1,4-5,12-17,19H2,(H,30,31). The normalized spacial score (nSPS) is 19.8. The van der Waals surface area contributed by atoms with Gasteiger partial charge < -0.3 is 15.1 Å². The molecular weight excluding hydrogens is 402 g/mol. The lowest BCUT2D eigenvalue weighted by atomic mass is 9.72. The summed E-state index contributed by atoms with van der Waals surface area (Å²) in [4.78, 5) is 15.0. The lowest BCUT2D eigenvalue weighted by molar-refractivity contribution is -0.0338. The number of carboxylic acid groups (broad SMARTS) is 1. The summed E-state index contributed by atoms with van der Waals surface area (Å²) in [7, 11) is 0. The molecule has 1 atom stereocenters. The van der Waals surface area contributed by atoms with Crippen molar-refractivity contribution in [2.24, 2.45) is 0 Å². The van der Waals surface area contributed by atoms with E-state index in [1.54, 1.807) is 0 Å². The van der Waals surface area contributed by atoms with Crippen LogP contribution >= 0.6 is 0 Å². The van der Waals surface area contributed by atoms with Gasteiger partial charge in [-0.1, -0.05) is 61.7 Å². The average molecular weight is 434 g/mol. The van der Waals surface area contributed by atoms with Gasteiger partial charge >= 0.3 is 6.09 Å². The zero-order valence-electron chi connectivity index (χ0n) is 18.4. The van der Waals surface area contributed by atoms with Crippen LogP contribution in [0.3, 0.4) is 0 Å². The molecule has 2 fully saturated rings. The molecule has 0 aromatic heterocycles. The van der Waals surface area contributed by atoms with Crippen LogP contribution in [0.5, 0.6) is 0 Å². The van der Waals surface area contributed by atoms with Crippen molar-refractivity contribution in [2.75, 3.05) is 32.7 Å². The van der Waals surface area contributed by atoms with Gasteiger partial charge in [0.15, 0.2) is 0 Å². The highest BCUT2D eigenvalue weighted by Gasteiger charge is 2.40. The van der Waals surface area contributed by atoms with Gasteiger partial charge in [-0.3, -0.25) is 4.90 Å². The molecule has 168 valence electrons. The van der Waals surface area contributed by atoms with Crippen molar-refractivity contribution < 1.29 is 15.0 Å². The molecule has 2 aromatic carbocycles. The fourth-order valence-electron chi connectivity index (χ4n) is 5.21. The van der Waals surface area contributed by atoms with Crippen LogP contribution in [0.2, 0.25) is 0 Å². The highest BCUT2D eigenvalue weighted by molar-refractivity contribution is 5.70. The Morgan fingerprint density at radius 2 is 1.66 bits per heavy atom. The molecule has 2 N–H and O–H groups in total. The van der Waals surface area contributed by atoms with E-state index >= 15 is 0 Å². The van der Waals surface area contributed by atoms with Crippen LogP contribution in [0.1, 0.15) is 49.1 Å². The monoisotopic (exact) mass is 433 g/mol. The molecule has 1 aliphatic carbocycles. The molecule has 32 heavy (non-hydrogen) atoms. The van der Waals surface area contributed by atoms with Crippen molar-refractivity contribution in [1.82, 2.24) is 9.80 Å². The smallest absolute Gasteiger partial charge is 0.407 e. The molecule has 0 bridgehead atoms. The first kappa shape index (κ1) is 22.3. The van der Waals surface area contributed by atoms with E-state index in [0.717, 1.165) is 55.3 Å². The van der Waals surface area contributed by atoms with Crippen molar-refractivity contribution in [2.45, 2.75) is 43.6 Å². The number of hydrogen-bond donors (Lipinski definition) is 2. The summed E-state index contributed by atoms with van der Waals surface area (Å²) in [5.74, 6) is -0.0283. The van der Waals surface area contributed by atoms with Crippen molar-refractivity contribution in [3.05, 3.63) is 59.7 Å². The fourth-order valence-corrected chi connectivity index (χ4v) is 5.21. The van der Waals surface area contributed by atoms with Gasteiger partial charge in [-0.05, 0) is 35.6 Å². The van der Waals surface area contributed by atoms with Crippen LogP contribution < -0.4 is 0 Å². The average Bonchev–Trinajstić information content (AvgIpc) is 2.83. The third-order valence-electron chi connectivity index (χ3n) is 7.12. The zero-order valence-corrected chi connectivity index (χ0v) is 18.4. The van der Waals surface area contributed by atoms with Gasteiger partial charge in [0.25, 0.3) is 0 Å². The number of aliphatic hydroxyl groups is 1. The SMILES string of the molecule is N#Cc1ccccc1-c1ccc(C(CN2CCN(C(=O)O)CC2)C2(O)CCCCC2)cc1. The molecule has 1 amide bonds. The third kappa shape index (κ3) is 4.79. The van der Waals surface area contributed by atoms with Crippen LogP contribution in [0.4, 0.5) is 4.79 Å². The lowest BCUT2D eigenvalue weighted by Crippen LogP contribution is -2.51. The number of benzene rings is 2. The molecular formula is C26H31N3O3. The summed E-state index contributed by atoms with van der Waals surface area (Å²) in [5.41, 5.74) is 2.93. The minimum Gasteiger partial charge on any atom is -0.465 e. The van der Waals surface area contributed by atoms with E-state index in [-0.39, 0.29) is 5.92 Å². The molecule has 6 nitrogen and oxygen atoms in total. The van der Waals surface area contributed by atoms with Gasteiger partial charge in [-0.2, -0.15) is 5.26 Å². The van der Waals surface area contributed by atoms with Crippen molar-refractivity contribution in [3.8, 4) is 17.2 Å². The third-order valence-corrected chi connectivity index (χ3v) is 7.12. The molecule has 2 aromatic rings. The Labute approximate surface area is 189 Å². The van der Waals surface area contributed by atoms with E-state index in [2.05, 4.69) is 23.1 Å². The summed E-state index contributed by atoms with van der Waals surface area (Å²) in [6.45, 7) is 3.10. The van der Waals surface area contributed by atoms with Gasteiger partial charge in [0, 0.05) is 38.6 Å². The maximum Gasteiger partial charge on any atom is 0.407 e. The molecule has 1 aliphatic heterocycles. The molecule has 1 saturated carbocycles.